The average Bonchev–Trinajstić information content (AvgIpc) is 1.00. The highest BCUT2D eigenvalue weighted by Gasteiger charge is 2.44. The van der Waals surface area contributed by atoms with E-state index in [1.807, 2.05) is 0 Å². The van der Waals surface area contributed by atoms with Crippen molar-refractivity contribution < 1.29 is 39.8 Å². The number of carbonyl (C=O) groups excluding carboxylic acids is 1. The molecule has 1 amide bonds. The van der Waals surface area contributed by atoms with Gasteiger partial charge in [0.25, 0.3) is 0 Å². The summed E-state index contributed by atoms with van der Waals surface area (Å²) in [7, 11) is 0. The second-order valence-electron chi connectivity index (χ2n) is 27.5. The first-order chi connectivity index (χ1) is 45.8. The van der Waals surface area contributed by atoms with E-state index in [-0.39, 0.29) is 12.5 Å². The highest BCUT2D eigenvalue weighted by atomic mass is 16.7. The molecule has 0 aromatic carbocycles. The van der Waals surface area contributed by atoms with Gasteiger partial charge < -0.3 is 40.3 Å². The molecule has 6 N–H and O–H groups in total. The predicted octanol–water partition coefficient (Wildman–Crippen LogP) is 23.0. The minimum absolute atomic E-state index is 0.138. The summed E-state index contributed by atoms with van der Waals surface area (Å²) >= 11 is 0. The van der Waals surface area contributed by atoms with Crippen LogP contribution in [0, 0.1) is 0 Å². The Morgan fingerprint density at radius 2 is 0.667 bits per heavy atom. The van der Waals surface area contributed by atoms with Crippen LogP contribution in [0.1, 0.15) is 373 Å². The summed E-state index contributed by atoms with van der Waals surface area (Å²) in [6.45, 7) is 3.77. The van der Waals surface area contributed by atoms with Crippen LogP contribution in [0.3, 0.4) is 0 Å². The zero-order valence-corrected chi connectivity index (χ0v) is 60.8. The maximum atomic E-state index is 13.2. The Kier molecular flexibility index (Phi) is 68.1. The van der Waals surface area contributed by atoms with Gasteiger partial charge in [-0.2, -0.15) is 0 Å². The molecule has 1 fully saturated rings. The van der Waals surface area contributed by atoms with Crippen LogP contribution >= 0.6 is 0 Å². The third-order valence-electron chi connectivity index (χ3n) is 18.7. The number of ether oxygens (including phenoxy) is 2. The fourth-order valence-electron chi connectivity index (χ4n) is 12.5. The molecule has 0 bridgehead atoms. The standard InChI is InChI=1S/C84H151NO8/c1-3-5-7-9-11-13-15-17-19-21-23-25-27-29-31-33-34-35-36-37-38-39-40-41-42-43-44-46-48-50-52-54-56-58-60-62-64-66-68-70-72-74-80(88)85-77(76-92-84-83(91)82(90)81(89)79(75-86)93-84)78(87)73-71-69-67-65-63-61-59-57-55-53-51-49-47-45-32-30-28-26-24-22-20-18-16-14-12-10-8-6-4-2/h5,7,11,13,17,19,23,25,29,31,34-35,37-38,40-41,77-79,81-84,86-87,89-91H,3-4,6,8-10,12,14-16,18,20-22,24,26-28,30,32-33,36,39,42-76H2,1-2H3,(H,85,88)/b7-5-,13-11-,19-17-,25-23-,31-29-,35-34-,38-37-,41-40-. The van der Waals surface area contributed by atoms with E-state index in [0.29, 0.717) is 12.8 Å². The summed E-state index contributed by atoms with van der Waals surface area (Å²) in [5.74, 6) is -0.141. The zero-order valence-electron chi connectivity index (χ0n) is 60.8. The Bertz CT molecular complexity index is 1800. The molecule has 9 heteroatoms. The molecule has 540 valence electrons. The molecule has 0 aromatic heterocycles. The van der Waals surface area contributed by atoms with Crippen molar-refractivity contribution in [3.05, 3.63) is 97.2 Å². The lowest BCUT2D eigenvalue weighted by Crippen LogP contribution is -2.60. The number of rotatable bonds is 70. The van der Waals surface area contributed by atoms with Crippen molar-refractivity contribution >= 4 is 5.91 Å². The molecule has 0 aliphatic carbocycles. The highest BCUT2D eigenvalue weighted by molar-refractivity contribution is 5.76. The van der Waals surface area contributed by atoms with Gasteiger partial charge in [-0.3, -0.25) is 4.79 Å². The molecule has 1 saturated heterocycles. The molecule has 1 heterocycles. The van der Waals surface area contributed by atoms with E-state index in [2.05, 4.69) is 116 Å². The molecule has 0 radical (unpaired) electrons. The first kappa shape index (κ1) is 88.1. The number of amides is 1. The quantitative estimate of drug-likeness (QED) is 0.0261. The van der Waals surface area contributed by atoms with Crippen LogP contribution in [0.15, 0.2) is 97.2 Å². The van der Waals surface area contributed by atoms with Gasteiger partial charge in [0.1, 0.15) is 24.4 Å². The summed E-state index contributed by atoms with van der Waals surface area (Å²) in [5.41, 5.74) is 0. The smallest absolute Gasteiger partial charge is 0.220 e. The normalized spacial score (nSPS) is 18.1. The lowest BCUT2D eigenvalue weighted by atomic mass is 9.99. The van der Waals surface area contributed by atoms with Crippen LogP contribution in [0.4, 0.5) is 0 Å². The van der Waals surface area contributed by atoms with Crippen LogP contribution in [0.2, 0.25) is 0 Å². The predicted molar refractivity (Wildman–Crippen MR) is 401 cm³/mol. The largest absolute Gasteiger partial charge is 0.394 e. The van der Waals surface area contributed by atoms with E-state index < -0.39 is 49.5 Å². The third kappa shape index (κ3) is 60.1. The molecule has 1 rings (SSSR count). The number of aliphatic hydroxyl groups is 5. The number of hydrogen-bond donors (Lipinski definition) is 6. The van der Waals surface area contributed by atoms with Crippen molar-refractivity contribution in [1.29, 1.82) is 0 Å². The molecular weight excluding hydrogens is 1150 g/mol. The minimum Gasteiger partial charge on any atom is -0.394 e. The van der Waals surface area contributed by atoms with Gasteiger partial charge in [-0.1, -0.05) is 387 Å². The van der Waals surface area contributed by atoms with E-state index in [0.717, 1.165) is 89.9 Å². The Balaban J connectivity index is 2.07. The molecule has 1 aliphatic rings. The summed E-state index contributed by atoms with van der Waals surface area (Å²) in [4.78, 5) is 13.2. The minimum atomic E-state index is -1.56. The van der Waals surface area contributed by atoms with E-state index in [4.69, 9.17) is 9.47 Å². The number of aliphatic hydroxyl groups excluding tert-OH is 5. The molecule has 1 aliphatic heterocycles. The number of unbranched alkanes of at least 4 members (excludes halogenated alkanes) is 44. The molecule has 93 heavy (non-hydrogen) atoms. The number of hydrogen-bond acceptors (Lipinski definition) is 8. The first-order valence-electron chi connectivity index (χ1n) is 39.9. The molecule has 7 atom stereocenters. The molecular formula is C84H151NO8. The van der Waals surface area contributed by atoms with Crippen molar-refractivity contribution in [3.8, 4) is 0 Å². The van der Waals surface area contributed by atoms with Crippen molar-refractivity contribution in [2.45, 2.75) is 416 Å². The van der Waals surface area contributed by atoms with Gasteiger partial charge in [0.05, 0.1) is 25.4 Å². The highest BCUT2D eigenvalue weighted by Crippen LogP contribution is 2.24. The van der Waals surface area contributed by atoms with Gasteiger partial charge in [0.15, 0.2) is 6.29 Å². The van der Waals surface area contributed by atoms with Crippen molar-refractivity contribution in [2.24, 2.45) is 0 Å². The monoisotopic (exact) mass is 1300 g/mol. The summed E-state index contributed by atoms with van der Waals surface area (Å²) in [5, 5.41) is 55.1. The molecule has 0 spiro atoms. The summed E-state index contributed by atoms with van der Waals surface area (Å²) < 4.78 is 11.4. The third-order valence-corrected chi connectivity index (χ3v) is 18.7. The van der Waals surface area contributed by atoms with E-state index in [9.17, 15) is 30.3 Å². The van der Waals surface area contributed by atoms with E-state index >= 15 is 0 Å². The second kappa shape index (κ2) is 71.9. The van der Waals surface area contributed by atoms with Gasteiger partial charge in [-0.05, 0) is 77.0 Å². The average molecular weight is 1300 g/mol. The summed E-state index contributed by atoms with van der Waals surface area (Å²) in [6.07, 6.45) is 97.9. The lowest BCUT2D eigenvalue weighted by molar-refractivity contribution is -0.302. The number of allylic oxidation sites excluding steroid dienone is 16. The Hall–Kier alpha value is -2.89. The Labute approximate surface area is 574 Å². The van der Waals surface area contributed by atoms with Gasteiger partial charge >= 0.3 is 0 Å². The fraction of sp³-hybridized carbons (Fsp3) is 0.798. The SMILES string of the molecule is CC/C=C\C/C=C\C/C=C\C/C=C\C/C=C\C/C=C\C/C=C\C/C=C\CCCCCCCCCCCCCCCCCCC(=O)NC(COC1OC(CO)C(O)C(O)C1O)C(O)CCCCCCCCCCCCCCCCCCCCCCCCCCCCCCC. The molecule has 0 aromatic rings. The van der Waals surface area contributed by atoms with Gasteiger partial charge in [-0.15, -0.1) is 0 Å². The lowest BCUT2D eigenvalue weighted by Gasteiger charge is -2.40. The number of carbonyl (C=O) groups is 1. The van der Waals surface area contributed by atoms with Crippen molar-refractivity contribution in [1.82, 2.24) is 5.32 Å². The number of nitrogens with one attached hydrogen (secondary N) is 1. The first-order valence-corrected chi connectivity index (χ1v) is 39.9. The molecule has 7 unspecified atom stereocenters. The van der Waals surface area contributed by atoms with Gasteiger partial charge in [0, 0.05) is 6.42 Å². The Morgan fingerprint density at radius 1 is 0.376 bits per heavy atom. The second-order valence-corrected chi connectivity index (χ2v) is 27.5. The van der Waals surface area contributed by atoms with Crippen LogP contribution in [-0.4, -0.2) is 87.5 Å². The molecule has 0 saturated carbocycles. The zero-order chi connectivity index (χ0) is 67.1. The van der Waals surface area contributed by atoms with Gasteiger partial charge in [0.2, 0.25) is 5.91 Å². The summed E-state index contributed by atoms with van der Waals surface area (Å²) in [6, 6.07) is -0.725. The van der Waals surface area contributed by atoms with Crippen molar-refractivity contribution in [2.75, 3.05) is 13.2 Å². The fourth-order valence-corrected chi connectivity index (χ4v) is 12.5. The molecule has 9 nitrogen and oxygen atoms in total. The van der Waals surface area contributed by atoms with Crippen LogP contribution in [0.25, 0.3) is 0 Å². The van der Waals surface area contributed by atoms with E-state index in [1.165, 1.54) is 257 Å². The van der Waals surface area contributed by atoms with Gasteiger partial charge in [-0.25, -0.2) is 0 Å². The Morgan fingerprint density at radius 3 is 0.989 bits per heavy atom. The van der Waals surface area contributed by atoms with Crippen LogP contribution in [-0.2, 0) is 14.3 Å². The van der Waals surface area contributed by atoms with Crippen molar-refractivity contribution in [3.63, 3.8) is 0 Å². The maximum absolute atomic E-state index is 13.2. The van der Waals surface area contributed by atoms with E-state index in [1.54, 1.807) is 0 Å². The topological polar surface area (TPSA) is 149 Å². The van der Waals surface area contributed by atoms with Crippen LogP contribution in [0.5, 0.6) is 0 Å². The maximum Gasteiger partial charge on any atom is 0.220 e. The van der Waals surface area contributed by atoms with Crippen LogP contribution < -0.4 is 5.32 Å².